The van der Waals surface area contributed by atoms with Crippen LogP contribution in [0, 0.1) is 6.92 Å². The Balaban J connectivity index is 2.36. The van der Waals surface area contributed by atoms with Crippen LogP contribution in [-0.4, -0.2) is 4.98 Å². The Morgan fingerprint density at radius 3 is 2.80 bits per heavy atom. The number of aromatic nitrogens is 1. The van der Waals surface area contributed by atoms with Crippen molar-refractivity contribution in [1.82, 2.24) is 4.98 Å². The van der Waals surface area contributed by atoms with Gasteiger partial charge in [0, 0.05) is 11.1 Å². The minimum absolute atomic E-state index is 0.177. The number of nitrogens with zero attached hydrogens (tertiary/aromatic N) is 1. The molecule has 0 amide bonds. The standard InChI is InChI=1S/C11H11ClN2S/c1-7-3-2-6-14-11(7)10(13)8-4-5-9(12)15-8/h2-6,10H,13H2,1H3. The van der Waals surface area contributed by atoms with Crippen molar-refractivity contribution >= 4 is 22.9 Å². The number of thiophene rings is 1. The molecule has 2 N–H and O–H groups in total. The first-order valence-electron chi connectivity index (χ1n) is 4.61. The van der Waals surface area contributed by atoms with E-state index in [1.165, 1.54) is 11.3 Å². The van der Waals surface area contributed by atoms with Gasteiger partial charge in [-0.2, -0.15) is 0 Å². The van der Waals surface area contributed by atoms with Crippen molar-refractivity contribution in [3.63, 3.8) is 0 Å². The van der Waals surface area contributed by atoms with Gasteiger partial charge < -0.3 is 5.73 Å². The van der Waals surface area contributed by atoms with Crippen LogP contribution in [0.15, 0.2) is 30.5 Å². The smallest absolute Gasteiger partial charge is 0.0931 e. The molecule has 0 aliphatic rings. The predicted octanol–water partition coefficient (Wildman–Crippen LogP) is 3.15. The van der Waals surface area contributed by atoms with Crippen LogP contribution in [0.2, 0.25) is 4.34 Å². The van der Waals surface area contributed by atoms with Crippen molar-refractivity contribution < 1.29 is 0 Å². The maximum atomic E-state index is 6.12. The van der Waals surface area contributed by atoms with Crippen LogP contribution in [0.5, 0.6) is 0 Å². The van der Waals surface area contributed by atoms with Crippen LogP contribution in [0.4, 0.5) is 0 Å². The third-order valence-electron chi connectivity index (χ3n) is 2.25. The fourth-order valence-electron chi connectivity index (χ4n) is 1.45. The van der Waals surface area contributed by atoms with Crippen molar-refractivity contribution in [3.05, 3.63) is 50.9 Å². The summed E-state index contributed by atoms with van der Waals surface area (Å²) in [5.41, 5.74) is 8.14. The second kappa shape index (κ2) is 4.31. The van der Waals surface area contributed by atoms with E-state index in [0.29, 0.717) is 0 Å². The molecule has 0 radical (unpaired) electrons. The zero-order chi connectivity index (χ0) is 10.8. The summed E-state index contributed by atoms with van der Waals surface area (Å²) in [5, 5.41) is 0. The van der Waals surface area contributed by atoms with Crippen LogP contribution >= 0.6 is 22.9 Å². The van der Waals surface area contributed by atoms with Gasteiger partial charge in [-0.25, -0.2) is 0 Å². The minimum atomic E-state index is -0.177. The summed E-state index contributed by atoms with van der Waals surface area (Å²) in [6.07, 6.45) is 1.76. The van der Waals surface area contributed by atoms with Crippen molar-refractivity contribution in [2.75, 3.05) is 0 Å². The summed E-state index contributed by atoms with van der Waals surface area (Å²) in [6, 6.07) is 7.55. The molecule has 2 nitrogen and oxygen atoms in total. The van der Waals surface area contributed by atoms with E-state index in [4.69, 9.17) is 17.3 Å². The maximum absolute atomic E-state index is 6.12. The molecule has 0 bridgehead atoms. The number of pyridine rings is 1. The largest absolute Gasteiger partial charge is 0.318 e. The van der Waals surface area contributed by atoms with Gasteiger partial charge in [-0.05, 0) is 30.7 Å². The van der Waals surface area contributed by atoms with Gasteiger partial charge in [-0.15, -0.1) is 11.3 Å². The second-order valence-electron chi connectivity index (χ2n) is 3.33. The second-order valence-corrected chi connectivity index (χ2v) is 5.07. The summed E-state index contributed by atoms with van der Waals surface area (Å²) in [4.78, 5) is 5.35. The van der Waals surface area contributed by atoms with Crippen molar-refractivity contribution in [3.8, 4) is 0 Å². The summed E-state index contributed by atoms with van der Waals surface area (Å²) in [6.45, 7) is 2.01. The Bertz CT molecular complexity index is 467. The zero-order valence-electron chi connectivity index (χ0n) is 8.27. The third-order valence-corrected chi connectivity index (χ3v) is 3.56. The van der Waals surface area contributed by atoms with E-state index in [9.17, 15) is 0 Å². The number of hydrogen-bond acceptors (Lipinski definition) is 3. The summed E-state index contributed by atoms with van der Waals surface area (Å²) >= 11 is 7.37. The van der Waals surface area contributed by atoms with Crippen LogP contribution in [0.3, 0.4) is 0 Å². The molecule has 4 heteroatoms. The van der Waals surface area contributed by atoms with Crippen LogP contribution in [-0.2, 0) is 0 Å². The van der Waals surface area contributed by atoms with Crippen LogP contribution in [0.1, 0.15) is 22.2 Å². The number of rotatable bonds is 2. The van der Waals surface area contributed by atoms with Gasteiger partial charge in [-0.1, -0.05) is 17.7 Å². The average Bonchev–Trinajstić information content (AvgIpc) is 2.65. The van der Waals surface area contributed by atoms with E-state index in [-0.39, 0.29) is 6.04 Å². The molecule has 0 spiro atoms. The molecule has 2 aromatic heterocycles. The van der Waals surface area contributed by atoms with Gasteiger partial charge in [0.05, 0.1) is 16.1 Å². The van der Waals surface area contributed by atoms with E-state index in [1.807, 2.05) is 31.2 Å². The molecule has 0 fully saturated rings. The van der Waals surface area contributed by atoms with Gasteiger partial charge >= 0.3 is 0 Å². The summed E-state index contributed by atoms with van der Waals surface area (Å²) in [7, 11) is 0. The lowest BCUT2D eigenvalue weighted by atomic mass is 10.1. The van der Waals surface area contributed by atoms with Gasteiger partial charge in [0.25, 0.3) is 0 Å². The topological polar surface area (TPSA) is 38.9 Å². The van der Waals surface area contributed by atoms with E-state index in [0.717, 1.165) is 20.5 Å². The van der Waals surface area contributed by atoms with Gasteiger partial charge in [0.2, 0.25) is 0 Å². The van der Waals surface area contributed by atoms with Crippen molar-refractivity contribution in [1.29, 1.82) is 0 Å². The highest BCUT2D eigenvalue weighted by molar-refractivity contribution is 7.16. The molecule has 0 aromatic carbocycles. The lowest BCUT2D eigenvalue weighted by Crippen LogP contribution is -2.13. The average molecular weight is 239 g/mol. The highest BCUT2D eigenvalue weighted by Gasteiger charge is 2.14. The molecule has 78 valence electrons. The lowest BCUT2D eigenvalue weighted by Gasteiger charge is -2.11. The molecule has 1 unspecified atom stereocenters. The Labute approximate surface area is 97.7 Å². The fourth-order valence-corrected chi connectivity index (χ4v) is 2.52. The quantitative estimate of drug-likeness (QED) is 0.873. The van der Waals surface area contributed by atoms with Gasteiger partial charge in [-0.3, -0.25) is 4.98 Å². The van der Waals surface area contributed by atoms with Crippen molar-refractivity contribution in [2.45, 2.75) is 13.0 Å². The van der Waals surface area contributed by atoms with Crippen molar-refractivity contribution in [2.24, 2.45) is 5.73 Å². The molecule has 0 saturated heterocycles. The molecular formula is C11H11ClN2S. The van der Waals surface area contributed by atoms with E-state index >= 15 is 0 Å². The zero-order valence-corrected chi connectivity index (χ0v) is 9.85. The monoisotopic (exact) mass is 238 g/mol. The maximum Gasteiger partial charge on any atom is 0.0931 e. The van der Waals surface area contributed by atoms with Gasteiger partial charge in [0.15, 0.2) is 0 Å². The fraction of sp³-hybridized carbons (Fsp3) is 0.182. The first-order valence-corrected chi connectivity index (χ1v) is 5.80. The highest BCUT2D eigenvalue weighted by Crippen LogP contribution is 2.29. The molecule has 2 rings (SSSR count). The molecule has 1 atom stereocenters. The molecular weight excluding hydrogens is 228 g/mol. The van der Waals surface area contributed by atoms with Crippen LogP contribution in [0.25, 0.3) is 0 Å². The number of aryl methyl sites for hydroxylation is 1. The molecule has 0 aliphatic heterocycles. The molecule has 15 heavy (non-hydrogen) atoms. The van der Waals surface area contributed by atoms with E-state index in [2.05, 4.69) is 4.98 Å². The Kier molecular flexibility index (Phi) is 3.05. The molecule has 0 aliphatic carbocycles. The highest BCUT2D eigenvalue weighted by atomic mass is 35.5. The predicted molar refractivity (Wildman–Crippen MR) is 64.3 cm³/mol. The van der Waals surface area contributed by atoms with Gasteiger partial charge in [0.1, 0.15) is 0 Å². The third kappa shape index (κ3) is 2.20. The lowest BCUT2D eigenvalue weighted by molar-refractivity contribution is 0.835. The summed E-state index contributed by atoms with van der Waals surface area (Å²) < 4.78 is 0.758. The Hall–Kier alpha value is -0.900. The first kappa shape index (κ1) is 10.6. The number of hydrogen-bond donors (Lipinski definition) is 1. The Morgan fingerprint density at radius 1 is 1.40 bits per heavy atom. The molecule has 2 aromatic rings. The van der Waals surface area contributed by atoms with E-state index < -0.39 is 0 Å². The first-order chi connectivity index (χ1) is 7.18. The normalized spacial score (nSPS) is 12.7. The summed E-state index contributed by atoms with van der Waals surface area (Å²) in [5.74, 6) is 0. The van der Waals surface area contributed by atoms with Crippen LogP contribution < -0.4 is 5.73 Å². The Morgan fingerprint density at radius 2 is 2.20 bits per heavy atom. The SMILES string of the molecule is Cc1cccnc1C(N)c1ccc(Cl)s1. The molecule has 2 heterocycles. The molecule has 0 saturated carbocycles. The minimum Gasteiger partial charge on any atom is -0.318 e. The van der Waals surface area contributed by atoms with E-state index in [1.54, 1.807) is 6.20 Å². The number of halogens is 1. The number of nitrogens with two attached hydrogens (primary N) is 1.